The highest BCUT2D eigenvalue weighted by molar-refractivity contribution is 9.10. The summed E-state index contributed by atoms with van der Waals surface area (Å²) in [6.45, 7) is 4.89. The molecule has 1 saturated carbocycles. The van der Waals surface area contributed by atoms with E-state index >= 15 is 0 Å². The summed E-state index contributed by atoms with van der Waals surface area (Å²) in [7, 11) is 0. The Kier molecular flexibility index (Phi) is 4.65. The third-order valence-electron chi connectivity index (χ3n) is 3.22. The fourth-order valence-electron chi connectivity index (χ4n) is 2.08. The number of aryl methyl sites for hydroxylation is 1. The van der Waals surface area contributed by atoms with Crippen molar-refractivity contribution in [3.05, 3.63) is 28.2 Å². The van der Waals surface area contributed by atoms with Gasteiger partial charge < -0.3 is 15.2 Å². The molecule has 1 fully saturated rings. The van der Waals surface area contributed by atoms with Crippen LogP contribution < -0.4 is 10.5 Å². The van der Waals surface area contributed by atoms with Crippen LogP contribution in [0, 0.1) is 6.92 Å². The Hall–Kier alpha value is -0.580. The molecule has 0 bridgehead atoms. The van der Waals surface area contributed by atoms with Gasteiger partial charge in [0, 0.05) is 23.5 Å². The SMILES string of the molecule is CCCOC1C(N)CC1Oc1ccc(Br)c(C)c1. The van der Waals surface area contributed by atoms with Crippen molar-refractivity contribution in [3.8, 4) is 5.75 Å². The van der Waals surface area contributed by atoms with Crippen LogP contribution in [0.3, 0.4) is 0 Å². The number of hydrogen-bond acceptors (Lipinski definition) is 3. The zero-order valence-electron chi connectivity index (χ0n) is 10.9. The van der Waals surface area contributed by atoms with E-state index in [2.05, 4.69) is 29.8 Å². The third-order valence-corrected chi connectivity index (χ3v) is 4.11. The summed E-state index contributed by atoms with van der Waals surface area (Å²) in [4.78, 5) is 0. The quantitative estimate of drug-likeness (QED) is 0.908. The maximum absolute atomic E-state index is 5.95. The maximum Gasteiger partial charge on any atom is 0.128 e. The lowest BCUT2D eigenvalue weighted by Crippen LogP contribution is -2.59. The number of hydrogen-bond donors (Lipinski definition) is 1. The average molecular weight is 314 g/mol. The normalized spacial score (nSPS) is 26.8. The van der Waals surface area contributed by atoms with E-state index in [0.717, 1.165) is 29.7 Å². The van der Waals surface area contributed by atoms with Crippen molar-refractivity contribution in [1.82, 2.24) is 0 Å². The number of nitrogens with two attached hydrogens (primary N) is 1. The molecule has 3 unspecified atom stereocenters. The van der Waals surface area contributed by atoms with Crippen LogP contribution in [-0.4, -0.2) is 24.9 Å². The van der Waals surface area contributed by atoms with Gasteiger partial charge in [0.1, 0.15) is 18.0 Å². The average Bonchev–Trinajstić information content (AvgIpc) is 2.33. The van der Waals surface area contributed by atoms with Crippen molar-refractivity contribution in [1.29, 1.82) is 0 Å². The van der Waals surface area contributed by atoms with Gasteiger partial charge in [0.05, 0.1) is 0 Å². The zero-order chi connectivity index (χ0) is 13.1. The van der Waals surface area contributed by atoms with Gasteiger partial charge in [0.2, 0.25) is 0 Å². The highest BCUT2D eigenvalue weighted by Gasteiger charge is 2.41. The van der Waals surface area contributed by atoms with Gasteiger partial charge in [-0.3, -0.25) is 0 Å². The predicted molar refractivity (Wildman–Crippen MR) is 75.9 cm³/mol. The van der Waals surface area contributed by atoms with E-state index in [4.69, 9.17) is 15.2 Å². The van der Waals surface area contributed by atoms with E-state index in [1.807, 2.05) is 18.2 Å². The Morgan fingerprint density at radius 1 is 1.44 bits per heavy atom. The molecule has 1 aromatic carbocycles. The molecule has 0 aliphatic heterocycles. The molecule has 2 rings (SSSR count). The molecule has 0 spiro atoms. The summed E-state index contributed by atoms with van der Waals surface area (Å²) in [5.74, 6) is 0.887. The highest BCUT2D eigenvalue weighted by Crippen LogP contribution is 2.29. The van der Waals surface area contributed by atoms with Crippen molar-refractivity contribution in [2.75, 3.05) is 6.61 Å². The number of halogens is 1. The monoisotopic (exact) mass is 313 g/mol. The van der Waals surface area contributed by atoms with E-state index < -0.39 is 0 Å². The molecule has 3 nitrogen and oxygen atoms in total. The largest absolute Gasteiger partial charge is 0.488 e. The molecule has 18 heavy (non-hydrogen) atoms. The summed E-state index contributed by atoms with van der Waals surface area (Å²) in [5, 5.41) is 0. The van der Waals surface area contributed by atoms with Gasteiger partial charge in [-0.05, 0) is 37.1 Å². The van der Waals surface area contributed by atoms with Gasteiger partial charge in [-0.2, -0.15) is 0 Å². The summed E-state index contributed by atoms with van der Waals surface area (Å²) < 4.78 is 12.8. The van der Waals surface area contributed by atoms with Crippen molar-refractivity contribution in [2.45, 2.75) is 44.9 Å². The van der Waals surface area contributed by atoms with E-state index in [0.29, 0.717) is 0 Å². The molecule has 0 saturated heterocycles. The first-order valence-electron chi connectivity index (χ1n) is 6.41. The molecule has 1 aliphatic carbocycles. The van der Waals surface area contributed by atoms with E-state index in [1.54, 1.807) is 0 Å². The Morgan fingerprint density at radius 2 is 2.22 bits per heavy atom. The molecule has 0 amide bonds. The van der Waals surface area contributed by atoms with Crippen LogP contribution in [0.1, 0.15) is 25.3 Å². The second kappa shape index (κ2) is 6.04. The second-order valence-electron chi connectivity index (χ2n) is 4.80. The van der Waals surface area contributed by atoms with Crippen LogP contribution in [0.25, 0.3) is 0 Å². The van der Waals surface area contributed by atoms with Crippen molar-refractivity contribution in [3.63, 3.8) is 0 Å². The molecule has 1 aromatic rings. The first kappa shape index (κ1) is 13.8. The molecule has 2 N–H and O–H groups in total. The molecule has 0 radical (unpaired) electrons. The van der Waals surface area contributed by atoms with Gasteiger partial charge in [-0.1, -0.05) is 22.9 Å². The lowest BCUT2D eigenvalue weighted by Gasteiger charge is -2.41. The topological polar surface area (TPSA) is 44.5 Å². The Morgan fingerprint density at radius 3 is 2.83 bits per heavy atom. The Balaban J connectivity index is 1.94. The molecule has 4 heteroatoms. The standard InChI is InChI=1S/C14H20BrNO2/c1-3-6-17-14-12(16)8-13(14)18-10-4-5-11(15)9(2)7-10/h4-5,7,12-14H,3,6,8,16H2,1-2H3. The van der Waals surface area contributed by atoms with E-state index in [9.17, 15) is 0 Å². The number of benzene rings is 1. The summed E-state index contributed by atoms with van der Waals surface area (Å²) in [6, 6.07) is 6.12. The molecular weight excluding hydrogens is 294 g/mol. The smallest absolute Gasteiger partial charge is 0.128 e. The first-order valence-corrected chi connectivity index (χ1v) is 7.21. The Labute approximate surface area is 117 Å². The van der Waals surface area contributed by atoms with Crippen LogP contribution in [0.4, 0.5) is 0 Å². The van der Waals surface area contributed by atoms with Crippen molar-refractivity contribution >= 4 is 15.9 Å². The van der Waals surface area contributed by atoms with Crippen LogP contribution in [0.2, 0.25) is 0 Å². The van der Waals surface area contributed by atoms with Gasteiger partial charge in [0.15, 0.2) is 0 Å². The molecule has 0 heterocycles. The van der Waals surface area contributed by atoms with Gasteiger partial charge in [0.25, 0.3) is 0 Å². The molecule has 3 atom stereocenters. The molecule has 0 aromatic heterocycles. The Bertz CT molecular complexity index is 411. The fraction of sp³-hybridized carbons (Fsp3) is 0.571. The van der Waals surface area contributed by atoms with Gasteiger partial charge in [-0.25, -0.2) is 0 Å². The maximum atomic E-state index is 5.95. The van der Waals surface area contributed by atoms with E-state index in [1.165, 1.54) is 5.56 Å². The minimum absolute atomic E-state index is 0.0360. The molecule has 1 aliphatic rings. The lowest BCUT2D eigenvalue weighted by molar-refractivity contribution is -0.0980. The zero-order valence-corrected chi connectivity index (χ0v) is 12.4. The fourth-order valence-corrected chi connectivity index (χ4v) is 2.33. The van der Waals surface area contributed by atoms with E-state index in [-0.39, 0.29) is 18.2 Å². The summed E-state index contributed by atoms with van der Waals surface area (Å²) in [5.41, 5.74) is 7.12. The lowest BCUT2D eigenvalue weighted by atomic mass is 9.86. The summed E-state index contributed by atoms with van der Waals surface area (Å²) in [6.07, 6.45) is 2.00. The van der Waals surface area contributed by atoms with Gasteiger partial charge in [-0.15, -0.1) is 0 Å². The van der Waals surface area contributed by atoms with Crippen molar-refractivity contribution < 1.29 is 9.47 Å². The minimum atomic E-state index is 0.0360. The second-order valence-corrected chi connectivity index (χ2v) is 5.66. The minimum Gasteiger partial charge on any atom is -0.488 e. The third kappa shape index (κ3) is 3.05. The van der Waals surface area contributed by atoms with Crippen LogP contribution in [-0.2, 0) is 4.74 Å². The molecule has 100 valence electrons. The predicted octanol–water partition coefficient (Wildman–Crippen LogP) is 3.03. The molecular formula is C14H20BrNO2. The van der Waals surface area contributed by atoms with Crippen LogP contribution in [0.15, 0.2) is 22.7 Å². The summed E-state index contributed by atoms with van der Waals surface area (Å²) >= 11 is 3.48. The first-order chi connectivity index (χ1) is 8.61. The van der Waals surface area contributed by atoms with Crippen LogP contribution in [0.5, 0.6) is 5.75 Å². The number of rotatable bonds is 5. The van der Waals surface area contributed by atoms with Gasteiger partial charge >= 0.3 is 0 Å². The van der Waals surface area contributed by atoms with Crippen LogP contribution >= 0.6 is 15.9 Å². The highest BCUT2D eigenvalue weighted by atomic mass is 79.9. The van der Waals surface area contributed by atoms with Crippen molar-refractivity contribution in [2.24, 2.45) is 5.73 Å². The number of ether oxygens (including phenoxy) is 2.